The van der Waals surface area contributed by atoms with Crippen molar-refractivity contribution in [2.75, 3.05) is 27.2 Å². The molecule has 0 rings (SSSR count). The number of hydrogen-bond donors (Lipinski definition) is 2. The number of aliphatic hydroxyl groups is 1. The molecule has 0 saturated heterocycles. The maximum absolute atomic E-state index is 8.53. The summed E-state index contributed by atoms with van der Waals surface area (Å²) < 4.78 is 0. The maximum atomic E-state index is 8.53. The van der Waals surface area contributed by atoms with Crippen molar-refractivity contribution in [3.63, 3.8) is 0 Å². The van der Waals surface area contributed by atoms with Crippen molar-refractivity contribution >= 4 is 0 Å². The van der Waals surface area contributed by atoms with E-state index >= 15 is 0 Å². The molecule has 0 spiro atoms. The quantitative estimate of drug-likeness (QED) is 0.529. The maximum Gasteiger partial charge on any atom is 0.0446 e. The van der Waals surface area contributed by atoms with Crippen LogP contribution in [0.15, 0.2) is 0 Å². The lowest BCUT2D eigenvalue weighted by molar-refractivity contribution is 0.213. The van der Waals surface area contributed by atoms with Crippen LogP contribution in [0.3, 0.4) is 0 Å². The molecule has 3 N–H and O–H groups in total. The molecule has 0 aliphatic rings. The summed E-state index contributed by atoms with van der Waals surface area (Å²) in [5.41, 5.74) is 5.41. The Morgan fingerprint density at radius 3 is 2.22 bits per heavy atom. The van der Waals surface area contributed by atoms with Gasteiger partial charge in [-0.1, -0.05) is 0 Å². The van der Waals surface area contributed by atoms with Crippen LogP contribution in [0.5, 0.6) is 0 Å². The summed E-state index contributed by atoms with van der Waals surface area (Å²) in [5, 5.41) is 8.53. The molecule has 0 aliphatic heterocycles. The Labute approximate surface area is 56.5 Å². The summed E-state index contributed by atoms with van der Waals surface area (Å²) in [4.78, 5) is 2.02. The van der Waals surface area contributed by atoms with Gasteiger partial charge in [0.2, 0.25) is 0 Å². The first-order valence-corrected chi connectivity index (χ1v) is 3.19. The van der Waals surface area contributed by atoms with Gasteiger partial charge in [0.25, 0.3) is 0 Å². The van der Waals surface area contributed by atoms with Gasteiger partial charge in [0.1, 0.15) is 0 Å². The van der Waals surface area contributed by atoms with E-state index in [0.29, 0.717) is 12.6 Å². The Bertz CT molecular complexity index is 66.1. The average molecular weight is 132 g/mol. The van der Waals surface area contributed by atoms with Gasteiger partial charge in [0.05, 0.1) is 0 Å². The zero-order chi connectivity index (χ0) is 7.28. The SMILES string of the molecule is CN(C)C(CN)CCO. The molecule has 0 aromatic heterocycles. The number of likely N-dealkylation sites (N-methyl/N-ethyl adjacent to an activating group) is 1. The number of rotatable bonds is 4. The monoisotopic (exact) mass is 132 g/mol. The van der Waals surface area contributed by atoms with Crippen molar-refractivity contribution in [2.24, 2.45) is 5.73 Å². The molecule has 0 amide bonds. The summed E-state index contributed by atoms with van der Waals surface area (Å²) in [6, 6.07) is 0.329. The lowest BCUT2D eigenvalue weighted by atomic mass is 10.2. The van der Waals surface area contributed by atoms with Gasteiger partial charge in [-0.15, -0.1) is 0 Å². The van der Waals surface area contributed by atoms with Gasteiger partial charge in [0, 0.05) is 19.2 Å². The second kappa shape index (κ2) is 4.73. The first-order valence-electron chi connectivity index (χ1n) is 3.19. The summed E-state index contributed by atoms with van der Waals surface area (Å²) in [7, 11) is 3.93. The van der Waals surface area contributed by atoms with Crippen LogP contribution >= 0.6 is 0 Å². The molecule has 0 fully saturated rings. The summed E-state index contributed by atoms with van der Waals surface area (Å²) in [5.74, 6) is 0. The van der Waals surface area contributed by atoms with Crippen molar-refractivity contribution in [3.8, 4) is 0 Å². The van der Waals surface area contributed by atoms with E-state index in [1.54, 1.807) is 0 Å². The van der Waals surface area contributed by atoms with Crippen molar-refractivity contribution < 1.29 is 5.11 Å². The molecule has 9 heavy (non-hydrogen) atoms. The van der Waals surface area contributed by atoms with Crippen molar-refractivity contribution in [1.29, 1.82) is 0 Å². The molecule has 0 aromatic rings. The molecule has 1 atom stereocenters. The van der Waals surface area contributed by atoms with E-state index in [0.717, 1.165) is 6.42 Å². The highest BCUT2D eigenvalue weighted by Crippen LogP contribution is 1.94. The van der Waals surface area contributed by atoms with E-state index in [2.05, 4.69) is 0 Å². The number of hydrogen-bond acceptors (Lipinski definition) is 3. The molecule has 0 heterocycles. The van der Waals surface area contributed by atoms with Crippen LogP contribution in [-0.4, -0.2) is 43.3 Å². The van der Waals surface area contributed by atoms with Gasteiger partial charge >= 0.3 is 0 Å². The predicted octanol–water partition coefficient (Wildman–Crippen LogP) is -0.742. The number of nitrogens with zero attached hydrogens (tertiary/aromatic N) is 1. The Kier molecular flexibility index (Phi) is 4.67. The molecule has 0 aromatic carbocycles. The number of aliphatic hydroxyl groups excluding tert-OH is 1. The van der Waals surface area contributed by atoms with Crippen LogP contribution in [0.1, 0.15) is 6.42 Å². The molecule has 3 nitrogen and oxygen atoms in total. The first kappa shape index (κ1) is 8.88. The summed E-state index contributed by atoms with van der Waals surface area (Å²) in [6.07, 6.45) is 0.767. The zero-order valence-corrected chi connectivity index (χ0v) is 6.17. The fourth-order valence-electron chi connectivity index (χ4n) is 0.736. The van der Waals surface area contributed by atoms with E-state index in [4.69, 9.17) is 10.8 Å². The number of nitrogens with two attached hydrogens (primary N) is 1. The van der Waals surface area contributed by atoms with Crippen LogP contribution in [0.25, 0.3) is 0 Å². The molecule has 0 aliphatic carbocycles. The van der Waals surface area contributed by atoms with Crippen LogP contribution in [0, 0.1) is 0 Å². The van der Waals surface area contributed by atoms with Crippen LogP contribution in [-0.2, 0) is 0 Å². The molecular formula is C6H16N2O. The molecule has 56 valence electrons. The van der Waals surface area contributed by atoms with E-state index in [1.807, 2.05) is 19.0 Å². The lowest BCUT2D eigenvalue weighted by Crippen LogP contribution is -2.35. The zero-order valence-electron chi connectivity index (χ0n) is 6.17. The lowest BCUT2D eigenvalue weighted by Gasteiger charge is -2.20. The highest BCUT2D eigenvalue weighted by atomic mass is 16.3. The van der Waals surface area contributed by atoms with E-state index in [1.165, 1.54) is 0 Å². The fraction of sp³-hybridized carbons (Fsp3) is 1.00. The van der Waals surface area contributed by atoms with Gasteiger partial charge in [-0.2, -0.15) is 0 Å². The van der Waals surface area contributed by atoms with E-state index < -0.39 is 0 Å². The second-order valence-electron chi connectivity index (χ2n) is 2.37. The topological polar surface area (TPSA) is 49.5 Å². The predicted molar refractivity (Wildman–Crippen MR) is 38.2 cm³/mol. The normalized spacial score (nSPS) is 14.3. The molecule has 0 bridgehead atoms. The van der Waals surface area contributed by atoms with Gasteiger partial charge in [0.15, 0.2) is 0 Å². The molecule has 0 saturated carbocycles. The van der Waals surface area contributed by atoms with Crippen molar-refractivity contribution in [1.82, 2.24) is 4.90 Å². The minimum atomic E-state index is 0.222. The third-order valence-corrected chi connectivity index (χ3v) is 1.46. The second-order valence-corrected chi connectivity index (χ2v) is 2.37. The Morgan fingerprint density at radius 2 is 2.11 bits per heavy atom. The largest absolute Gasteiger partial charge is 0.396 e. The molecule has 0 radical (unpaired) electrons. The fourth-order valence-corrected chi connectivity index (χ4v) is 0.736. The van der Waals surface area contributed by atoms with Crippen molar-refractivity contribution in [3.05, 3.63) is 0 Å². The third-order valence-electron chi connectivity index (χ3n) is 1.46. The van der Waals surface area contributed by atoms with Gasteiger partial charge in [-0.25, -0.2) is 0 Å². The van der Waals surface area contributed by atoms with Gasteiger partial charge < -0.3 is 15.7 Å². The third kappa shape index (κ3) is 3.46. The average Bonchev–Trinajstić information content (AvgIpc) is 1.82. The van der Waals surface area contributed by atoms with Gasteiger partial charge in [-0.05, 0) is 20.5 Å². The van der Waals surface area contributed by atoms with Crippen LogP contribution < -0.4 is 5.73 Å². The molecular weight excluding hydrogens is 116 g/mol. The van der Waals surface area contributed by atoms with E-state index in [9.17, 15) is 0 Å². The Morgan fingerprint density at radius 1 is 1.56 bits per heavy atom. The van der Waals surface area contributed by atoms with E-state index in [-0.39, 0.29) is 6.61 Å². The van der Waals surface area contributed by atoms with Gasteiger partial charge in [-0.3, -0.25) is 0 Å². The Balaban J connectivity index is 3.41. The van der Waals surface area contributed by atoms with Crippen molar-refractivity contribution in [2.45, 2.75) is 12.5 Å². The van der Waals surface area contributed by atoms with Crippen LogP contribution in [0.4, 0.5) is 0 Å². The summed E-state index contributed by atoms with van der Waals surface area (Å²) >= 11 is 0. The minimum Gasteiger partial charge on any atom is -0.396 e. The molecule has 1 unspecified atom stereocenters. The molecule has 3 heteroatoms. The highest BCUT2D eigenvalue weighted by Gasteiger charge is 2.06. The standard InChI is InChI=1S/C6H16N2O/c1-8(2)6(5-7)3-4-9/h6,9H,3-5,7H2,1-2H3. The van der Waals surface area contributed by atoms with Crippen LogP contribution in [0.2, 0.25) is 0 Å². The first-order chi connectivity index (χ1) is 4.22. The smallest absolute Gasteiger partial charge is 0.0446 e. The minimum absolute atomic E-state index is 0.222. The Hall–Kier alpha value is -0.120. The highest BCUT2D eigenvalue weighted by molar-refractivity contribution is 4.65. The summed E-state index contributed by atoms with van der Waals surface area (Å²) in [6.45, 7) is 0.841.